The fourth-order valence-electron chi connectivity index (χ4n) is 2.97. The van der Waals surface area contributed by atoms with Crippen LogP contribution in [0.5, 0.6) is 11.5 Å². The maximum absolute atomic E-state index is 12.7. The Hall–Kier alpha value is -3.01. The highest BCUT2D eigenvalue weighted by Gasteiger charge is 2.20. The topological polar surface area (TPSA) is 38.8 Å². The highest BCUT2D eigenvalue weighted by molar-refractivity contribution is 5.84. The summed E-state index contributed by atoms with van der Waals surface area (Å²) in [7, 11) is 3.40. The Bertz CT molecular complexity index is 907. The van der Waals surface area contributed by atoms with Crippen molar-refractivity contribution in [3.05, 3.63) is 72.3 Å². The number of carbonyl (C=O) groups is 1. The Morgan fingerprint density at radius 2 is 1.69 bits per heavy atom. The second kappa shape index (κ2) is 7.91. The highest BCUT2D eigenvalue weighted by atomic mass is 16.5. The number of amides is 1. The maximum Gasteiger partial charge on any atom is 0.263 e. The molecule has 0 saturated heterocycles. The van der Waals surface area contributed by atoms with E-state index in [1.165, 1.54) is 0 Å². The van der Waals surface area contributed by atoms with Gasteiger partial charge in [0.2, 0.25) is 0 Å². The Balaban J connectivity index is 1.68. The quantitative estimate of drug-likeness (QED) is 0.667. The van der Waals surface area contributed by atoms with Crippen LogP contribution in [-0.4, -0.2) is 31.1 Å². The van der Waals surface area contributed by atoms with Gasteiger partial charge in [-0.25, -0.2) is 0 Å². The van der Waals surface area contributed by atoms with Crippen LogP contribution in [0.1, 0.15) is 12.5 Å². The number of hydrogen-bond acceptors (Lipinski definition) is 3. The zero-order valence-corrected chi connectivity index (χ0v) is 15.3. The first kappa shape index (κ1) is 17.8. The molecule has 1 atom stereocenters. The van der Waals surface area contributed by atoms with Crippen molar-refractivity contribution in [3.8, 4) is 11.5 Å². The van der Waals surface area contributed by atoms with Gasteiger partial charge in [-0.1, -0.05) is 48.5 Å². The van der Waals surface area contributed by atoms with Crippen LogP contribution < -0.4 is 9.47 Å². The third-order valence-electron chi connectivity index (χ3n) is 4.36. The van der Waals surface area contributed by atoms with Crippen molar-refractivity contribution in [1.29, 1.82) is 0 Å². The molecule has 0 heterocycles. The Labute approximate surface area is 154 Å². The molecule has 0 aromatic heterocycles. The molecule has 3 aromatic carbocycles. The molecule has 0 aliphatic carbocycles. The molecule has 0 radical (unpaired) electrons. The lowest BCUT2D eigenvalue weighted by molar-refractivity contribution is -0.137. The van der Waals surface area contributed by atoms with Gasteiger partial charge in [-0.05, 0) is 35.9 Å². The Morgan fingerprint density at radius 1 is 1.00 bits per heavy atom. The molecule has 0 unspecified atom stereocenters. The van der Waals surface area contributed by atoms with E-state index in [-0.39, 0.29) is 5.91 Å². The van der Waals surface area contributed by atoms with Gasteiger partial charge in [0.05, 0.1) is 7.11 Å². The van der Waals surface area contributed by atoms with E-state index in [1.54, 1.807) is 26.0 Å². The number of likely N-dealkylation sites (N-methyl/N-ethyl adjacent to an activating group) is 1. The van der Waals surface area contributed by atoms with E-state index in [2.05, 4.69) is 6.07 Å². The van der Waals surface area contributed by atoms with E-state index >= 15 is 0 Å². The van der Waals surface area contributed by atoms with Crippen LogP contribution in [0.15, 0.2) is 66.7 Å². The Morgan fingerprint density at radius 3 is 2.46 bits per heavy atom. The molecule has 26 heavy (non-hydrogen) atoms. The van der Waals surface area contributed by atoms with Crippen LogP contribution >= 0.6 is 0 Å². The van der Waals surface area contributed by atoms with Crippen LogP contribution in [0.4, 0.5) is 0 Å². The first-order valence-electron chi connectivity index (χ1n) is 8.61. The first-order valence-corrected chi connectivity index (χ1v) is 8.61. The lowest BCUT2D eigenvalue weighted by Crippen LogP contribution is -2.37. The van der Waals surface area contributed by atoms with Gasteiger partial charge in [-0.2, -0.15) is 0 Å². The number of ether oxygens (including phenoxy) is 2. The summed E-state index contributed by atoms with van der Waals surface area (Å²) >= 11 is 0. The molecule has 0 saturated carbocycles. The standard InChI is InChI=1S/C22H23NO3/c1-16(26-20-13-12-17-8-4-5-9-18(17)14-20)22(24)23(2)15-19-10-6-7-11-21(19)25-3/h4-14,16H,15H2,1-3H3/t16-/m0/s1. The zero-order valence-electron chi connectivity index (χ0n) is 15.3. The number of benzene rings is 3. The molecule has 0 fully saturated rings. The fourth-order valence-corrected chi connectivity index (χ4v) is 2.97. The number of nitrogens with zero attached hydrogens (tertiary/aromatic N) is 1. The second-order valence-corrected chi connectivity index (χ2v) is 6.28. The van der Waals surface area contributed by atoms with Crippen LogP contribution in [0.2, 0.25) is 0 Å². The molecule has 4 nitrogen and oxygen atoms in total. The first-order chi connectivity index (χ1) is 12.6. The molecule has 0 aliphatic heterocycles. The summed E-state index contributed by atoms with van der Waals surface area (Å²) in [6, 6.07) is 21.6. The predicted molar refractivity (Wildman–Crippen MR) is 104 cm³/mol. The summed E-state index contributed by atoms with van der Waals surface area (Å²) in [6.45, 7) is 2.24. The highest BCUT2D eigenvalue weighted by Crippen LogP contribution is 2.22. The van der Waals surface area contributed by atoms with Crippen LogP contribution in [0.3, 0.4) is 0 Å². The monoisotopic (exact) mass is 349 g/mol. The van der Waals surface area contributed by atoms with Crippen molar-refractivity contribution in [1.82, 2.24) is 4.90 Å². The zero-order chi connectivity index (χ0) is 18.5. The number of para-hydroxylation sites is 1. The lowest BCUT2D eigenvalue weighted by Gasteiger charge is -2.23. The average molecular weight is 349 g/mol. The van der Waals surface area contributed by atoms with Gasteiger partial charge in [0, 0.05) is 19.2 Å². The summed E-state index contributed by atoms with van der Waals surface area (Å²) in [5.41, 5.74) is 0.962. The molecule has 3 aromatic rings. The van der Waals surface area contributed by atoms with Crippen molar-refractivity contribution in [2.75, 3.05) is 14.2 Å². The van der Waals surface area contributed by atoms with E-state index in [0.717, 1.165) is 22.1 Å². The molecular weight excluding hydrogens is 326 g/mol. The molecule has 3 rings (SSSR count). The molecule has 0 N–H and O–H groups in total. The van der Waals surface area contributed by atoms with Crippen LogP contribution in [0.25, 0.3) is 10.8 Å². The summed E-state index contributed by atoms with van der Waals surface area (Å²) in [5, 5.41) is 2.24. The molecule has 0 spiro atoms. The predicted octanol–water partition coefficient (Wildman–Crippen LogP) is 4.27. The van der Waals surface area contributed by atoms with Gasteiger partial charge in [0.25, 0.3) is 5.91 Å². The number of fused-ring (bicyclic) bond motifs is 1. The van der Waals surface area contributed by atoms with Crippen LogP contribution in [0, 0.1) is 0 Å². The van der Waals surface area contributed by atoms with Crippen molar-refractivity contribution in [2.24, 2.45) is 0 Å². The van der Waals surface area contributed by atoms with Crippen LogP contribution in [-0.2, 0) is 11.3 Å². The SMILES string of the molecule is COc1ccccc1CN(C)C(=O)[C@H](C)Oc1ccc2ccccc2c1. The maximum atomic E-state index is 12.7. The van der Waals surface area contributed by atoms with Crippen molar-refractivity contribution in [2.45, 2.75) is 19.6 Å². The third-order valence-corrected chi connectivity index (χ3v) is 4.36. The van der Waals surface area contributed by atoms with E-state index in [9.17, 15) is 4.79 Å². The smallest absolute Gasteiger partial charge is 0.263 e. The van der Waals surface area contributed by atoms with Gasteiger partial charge in [0.15, 0.2) is 6.10 Å². The lowest BCUT2D eigenvalue weighted by atomic mass is 10.1. The van der Waals surface area contributed by atoms with E-state index in [1.807, 2.05) is 60.7 Å². The number of methoxy groups -OCH3 is 1. The fraction of sp³-hybridized carbons (Fsp3) is 0.227. The normalized spacial score (nSPS) is 11.8. The summed E-state index contributed by atoms with van der Waals surface area (Å²) in [4.78, 5) is 14.3. The summed E-state index contributed by atoms with van der Waals surface area (Å²) in [5.74, 6) is 1.38. The minimum absolute atomic E-state index is 0.0796. The van der Waals surface area contributed by atoms with Gasteiger partial charge < -0.3 is 14.4 Å². The minimum atomic E-state index is -0.573. The number of rotatable bonds is 6. The second-order valence-electron chi connectivity index (χ2n) is 6.28. The largest absolute Gasteiger partial charge is 0.496 e. The molecule has 0 aliphatic rings. The van der Waals surface area contributed by atoms with E-state index < -0.39 is 6.10 Å². The molecule has 0 bridgehead atoms. The summed E-state index contributed by atoms with van der Waals surface area (Å²) < 4.78 is 11.2. The molecular formula is C22H23NO3. The Kier molecular flexibility index (Phi) is 5.42. The van der Waals surface area contributed by atoms with Gasteiger partial charge in [-0.3, -0.25) is 4.79 Å². The van der Waals surface area contributed by atoms with E-state index in [4.69, 9.17) is 9.47 Å². The molecule has 1 amide bonds. The van der Waals surface area contributed by atoms with Crippen molar-refractivity contribution < 1.29 is 14.3 Å². The van der Waals surface area contributed by atoms with Gasteiger partial charge in [0.1, 0.15) is 11.5 Å². The average Bonchev–Trinajstić information content (AvgIpc) is 2.67. The van der Waals surface area contributed by atoms with Gasteiger partial charge in [-0.15, -0.1) is 0 Å². The summed E-state index contributed by atoms with van der Waals surface area (Å²) in [6.07, 6.45) is -0.573. The minimum Gasteiger partial charge on any atom is -0.496 e. The van der Waals surface area contributed by atoms with Crippen molar-refractivity contribution in [3.63, 3.8) is 0 Å². The number of hydrogen-bond donors (Lipinski definition) is 0. The van der Waals surface area contributed by atoms with E-state index in [0.29, 0.717) is 12.3 Å². The third kappa shape index (κ3) is 3.97. The van der Waals surface area contributed by atoms with Crippen molar-refractivity contribution >= 4 is 16.7 Å². The molecule has 134 valence electrons. The van der Waals surface area contributed by atoms with Gasteiger partial charge >= 0.3 is 0 Å². The number of carbonyl (C=O) groups excluding carboxylic acids is 1. The molecule has 4 heteroatoms.